The van der Waals surface area contributed by atoms with Crippen molar-refractivity contribution in [3.8, 4) is 0 Å². The van der Waals surface area contributed by atoms with Gasteiger partial charge in [0.2, 0.25) is 0 Å². The quantitative estimate of drug-likeness (QED) is 0.591. The van der Waals surface area contributed by atoms with E-state index in [1.807, 2.05) is 0 Å². The molecule has 0 aromatic heterocycles. The fourth-order valence-corrected chi connectivity index (χ4v) is 2.92. The van der Waals surface area contributed by atoms with Crippen molar-refractivity contribution in [2.75, 3.05) is 12.4 Å². The van der Waals surface area contributed by atoms with Gasteiger partial charge in [-0.2, -0.15) is 0 Å². The summed E-state index contributed by atoms with van der Waals surface area (Å²) in [5.41, 5.74) is 0. The van der Waals surface area contributed by atoms with Crippen molar-refractivity contribution in [1.82, 2.24) is 0 Å². The largest absolute Gasteiger partial charge is 0.395 e. The molecule has 0 aromatic carbocycles. The smallest absolute Gasteiger partial charge is 0.155 e. The molecule has 1 atom stereocenters. The van der Waals surface area contributed by atoms with Gasteiger partial charge in [-0.15, -0.1) is 0 Å². The molecule has 0 radical (unpaired) electrons. The first-order chi connectivity index (χ1) is 4.67. The van der Waals surface area contributed by atoms with Crippen molar-refractivity contribution in [3.05, 3.63) is 0 Å². The Labute approximate surface area is 61.0 Å². The summed E-state index contributed by atoms with van der Waals surface area (Å²) in [7, 11) is -2.92. The Morgan fingerprint density at radius 1 is 1.40 bits per heavy atom. The van der Waals surface area contributed by atoms with Crippen LogP contribution in [-0.4, -0.2) is 31.1 Å². The highest BCUT2D eigenvalue weighted by atomic mass is 32.2. The molecule has 1 aliphatic heterocycles. The Morgan fingerprint density at radius 3 is 2.50 bits per heavy atom. The molecule has 0 aliphatic carbocycles. The summed E-state index contributed by atoms with van der Waals surface area (Å²) in [5.74, 6) is 0.262. The third-order valence-corrected chi connectivity index (χ3v) is 4.17. The maximum Gasteiger partial charge on any atom is 0.155 e. The second-order valence-corrected chi connectivity index (χ2v) is 5.07. The summed E-state index contributed by atoms with van der Waals surface area (Å²) < 4.78 is 22.1. The van der Waals surface area contributed by atoms with Gasteiger partial charge in [-0.1, -0.05) is 6.42 Å². The lowest BCUT2D eigenvalue weighted by molar-refractivity contribution is 0.281. The Hall–Kier alpha value is -0.0900. The minimum Gasteiger partial charge on any atom is -0.395 e. The van der Waals surface area contributed by atoms with Crippen molar-refractivity contribution in [3.63, 3.8) is 0 Å². The van der Waals surface area contributed by atoms with Gasteiger partial charge in [0.25, 0.3) is 0 Å². The number of rotatable bonds is 1. The van der Waals surface area contributed by atoms with E-state index in [1.165, 1.54) is 0 Å². The topological polar surface area (TPSA) is 54.4 Å². The van der Waals surface area contributed by atoms with Crippen LogP contribution in [0.2, 0.25) is 0 Å². The van der Waals surface area contributed by atoms with Crippen molar-refractivity contribution < 1.29 is 13.5 Å². The highest BCUT2D eigenvalue weighted by Gasteiger charge is 2.27. The second kappa shape index (κ2) is 2.88. The first-order valence-corrected chi connectivity index (χ1v) is 5.21. The van der Waals surface area contributed by atoms with Crippen LogP contribution >= 0.6 is 0 Å². The monoisotopic (exact) mass is 164 g/mol. The van der Waals surface area contributed by atoms with Gasteiger partial charge in [-0.3, -0.25) is 0 Å². The van der Waals surface area contributed by atoms with E-state index in [-0.39, 0.29) is 12.4 Å². The van der Waals surface area contributed by atoms with E-state index in [1.54, 1.807) is 0 Å². The molecule has 1 saturated heterocycles. The molecule has 1 aliphatic rings. The molecule has 4 heteroatoms. The molecule has 1 heterocycles. The first kappa shape index (κ1) is 8.01. The van der Waals surface area contributed by atoms with Crippen LogP contribution in [0.1, 0.15) is 19.3 Å². The van der Waals surface area contributed by atoms with Crippen molar-refractivity contribution in [2.45, 2.75) is 24.5 Å². The molecule has 0 spiro atoms. The minimum absolute atomic E-state index is 0.206. The molecule has 0 amide bonds. The summed E-state index contributed by atoms with van der Waals surface area (Å²) >= 11 is 0. The van der Waals surface area contributed by atoms with E-state index in [4.69, 9.17) is 5.11 Å². The number of aliphatic hydroxyl groups is 1. The molecule has 1 rings (SSSR count). The predicted octanol–water partition coefficient (Wildman–Crippen LogP) is -0.0540. The number of hydrogen-bond donors (Lipinski definition) is 1. The van der Waals surface area contributed by atoms with Crippen LogP contribution in [0.3, 0.4) is 0 Å². The zero-order valence-corrected chi connectivity index (χ0v) is 6.60. The van der Waals surface area contributed by atoms with Crippen LogP contribution in [0.25, 0.3) is 0 Å². The zero-order chi connectivity index (χ0) is 7.61. The fraction of sp³-hybridized carbons (Fsp3) is 1.00. The fourth-order valence-electron chi connectivity index (χ4n) is 1.23. The molecule has 1 fully saturated rings. The molecule has 60 valence electrons. The first-order valence-electron chi connectivity index (χ1n) is 3.49. The van der Waals surface area contributed by atoms with Crippen molar-refractivity contribution in [1.29, 1.82) is 0 Å². The van der Waals surface area contributed by atoms with E-state index < -0.39 is 15.1 Å². The average molecular weight is 164 g/mol. The molecule has 1 N–H and O–H groups in total. The Kier molecular flexibility index (Phi) is 2.31. The van der Waals surface area contributed by atoms with Gasteiger partial charge in [0.05, 0.1) is 17.6 Å². The van der Waals surface area contributed by atoms with E-state index in [2.05, 4.69) is 0 Å². The van der Waals surface area contributed by atoms with E-state index in [9.17, 15) is 8.42 Å². The molecular formula is C6H12O3S. The zero-order valence-electron chi connectivity index (χ0n) is 5.78. The summed E-state index contributed by atoms with van der Waals surface area (Å²) in [6, 6.07) is 0. The van der Waals surface area contributed by atoms with Crippen molar-refractivity contribution >= 4 is 9.84 Å². The Balaban J connectivity index is 2.70. The summed E-state index contributed by atoms with van der Waals surface area (Å²) in [6.07, 6.45) is 2.34. The highest BCUT2D eigenvalue weighted by molar-refractivity contribution is 7.92. The van der Waals surface area contributed by atoms with Crippen LogP contribution in [0.5, 0.6) is 0 Å². The average Bonchev–Trinajstić information content (AvgIpc) is 1.87. The predicted molar refractivity (Wildman–Crippen MR) is 38.5 cm³/mol. The van der Waals surface area contributed by atoms with E-state index >= 15 is 0 Å². The van der Waals surface area contributed by atoms with E-state index in [0.717, 1.165) is 12.8 Å². The van der Waals surface area contributed by atoms with Gasteiger partial charge < -0.3 is 5.11 Å². The summed E-state index contributed by atoms with van der Waals surface area (Å²) in [4.78, 5) is 0. The molecule has 3 nitrogen and oxygen atoms in total. The lowest BCUT2D eigenvalue weighted by atomic mass is 10.2. The maximum atomic E-state index is 11.1. The lowest BCUT2D eigenvalue weighted by Crippen LogP contribution is -2.31. The third kappa shape index (κ3) is 1.49. The summed E-state index contributed by atoms with van der Waals surface area (Å²) in [6.45, 7) is -0.206. The third-order valence-electron chi connectivity index (χ3n) is 1.92. The summed E-state index contributed by atoms with van der Waals surface area (Å²) in [5, 5.41) is 8.18. The Bertz CT molecular complexity index is 195. The van der Waals surface area contributed by atoms with E-state index in [0.29, 0.717) is 6.42 Å². The highest BCUT2D eigenvalue weighted by Crippen LogP contribution is 2.18. The Morgan fingerprint density at radius 2 is 2.10 bits per heavy atom. The SMILES string of the molecule is O=S1(=O)CCCCC1CO. The second-order valence-electron chi connectivity index (χ2n) is 2.67. The van der Waals surface area contributed by atoms with Gasteiger partial charge >= 0.3 is 0 Å². The van der Waals surface area contributed by atoms with Crippen LogP contribution < -0.4 is 0 Å². The number of aliphatic hydroxyl groups excluding tert-OH is 1. The number of hydrogen-bond acceptors (Lipinski definition) is 3. The van der Waals surface area contributed by atoms with Gasteiger partial charge in [0.15, 0.2) is 9.84 Å². The minimum atomic E-state index is -2.92. The molecule has 0 saturated carbocycles. The number of sulfone groups is 1. The van der Waals surface area contributed by atoms with Gasteiger partial charge in [0, 0.05) is 0 Å². The lowest BCUT2D eigenvalue weighted by Gasteiger charge is -2.19. The van der Waals surface area contributed by atoms with Gasteiger partial charge in [-0.25, -0.2) is 8.42 Å². The normalized spacial score (nSPS) is 31.9. The molecule has 0 aromatic rings. The van der Waals surface area contributed by atoms with Crippen LogP contribution in [-0.2, 0) is 9.84 Å². The van der Waals surface area contributed by atoms with Crippen molar-refractivity contribution in [2.24, 2.45) is 0 Å². The van der Waals surface area contributed by atoms with Gasteiger partial charge in [-0.05, 0) is 12.8 Å². The molecule has 0 bridgehead atoms. The molecule has 10 heavy (non-hydrogen) atoms. The van der Waals surface area contributed by atoms with Crippen LogP contribution in [0.4, 0.5) is 0 Å². The molecule has 1 unspecified atom stereocenters. The van der Waals surface area contributed by atoms with Gasteiger partial charge in [0.1, 0.15) is 0 Å². The van der Waals surface area contributed by atoms with Crippen LogP contribution in [0, 0.1) is 0 Å². The molecular weight excluding hydrogens is 152 g/mol. The standard InChI is InChI=1S/C6H12O3S/c7-5-6-3-1-2-4-10(6,8)9/h6-7H,1-5H2. The maximum absolute atomic E-state index is 11.1. The van der Waals surface area contributed by atoms with Crippen LogP contribution in [0.15, 0.2) is 0 Å².